The Bertz CT molecular complexity index is 1070. The third-order valence-electron chi connectivity index (χ3n) is 3.64. The normalized spacial score (nSPS) is 10.3. The molecule has 2 aromatic carbocycles. The molecule has 0 bridgehead atoms. The number of amides is 1. The van der Waals surface area contributed by atoms with Gasteiger partial charge in [0.15, 0.2) is 0 Å². The molecule has 0 aliphatic carbocycles. The fourth-order valence-electron chi connectivity index (χ4n) is 2.24. The summed E-state index contributed by atoms with van der Waals surface area (Å²) in [4.78, 5) is 22.3. The van der Waals surface area contributed by atoms with Gasteiger partial charge < -0.3 is 9.73 Å². The van der Waals surface area contributed by atoms with Gasteiger partial charge in [-0.1, -0.05) is 29.5 Å². The van der Waals surface area contributed by atoms with Crippen LogP contribution in [0.15, 0.2) is 52.1 Å². The Morgan fingerprint density at radius 1 is 1.29 bits per heavy atom. The summed E-state index contributed by atoms with van der Waals surface area (Å²) < 4.78 is 5.53. The topological polar surface area (TPSA) is 135 Å². The first kappa shape index (κ1) is 19.1. The van der Waals surface area contributed by atoms with Crippen LogP contribution in [-0.2, 0) is 4.79 Å². The number of thioether (sulfide) groups is 1. The number of benzene rings is 2. The van der Waals surface area contributed by atoms with Crippen molar-refractivity contribution in [2.24, 2.45) is 0 Å². The van der Waals surface area contributed by atoms with Gasteiger partial charge in [0.1, 0.15) is 6.07 Å². The van der Waals surface area contributed by atoms with Crippen molar-refractivity contribution < 1.29 is 14.1 Å². The van der Waals surface area contributed by atoms with Gasteiger partial charge in [-0.15, -0.1) is 10.2 Å². The lowest BCUT2D eigenvalue weighted by molar-refractivity contribution is -0.384. The van der Waals surface area contributed by atoms with E-state index < -0.39 is 10.8 Å². The van der Waals surface area contributed by atoms with E-state index in [0.29, 0.717) is 5.89 Å². The zero-order valence-electron chi connectivity index (χ0n) is 14.6. The van der Waals surface area contributed by atoms with Crippen LogP contribution >= 0.6 is 11.8 Å². The number of carbonyl (C=O) groups excluding carboxylic acids is 1. The first-order chi connectivity index (χ1) is 13.5. The zero-order valence-corrected chi connectivity index (χ0v) is 15.4. The Labute approximate surface area is 163 Å². The average molecular weight is 395 g/mol. The number of non-ortho nitro benzene ring substituents is 1. The van der Waals surface area contributed by atoms with Crippen molar-refractivity contribution in [3.8, 4) is 17.5 Å². The van der Waals surface area contributed by atoms with E-state index in [4.69, 9.17) is 9.68 Å². The molecule has 3 rings (SSSR count). The van der Waals surface area contributed by atoms with Crippen molar-refractivity contribution in [1.82, 2.24) is 10.2 Å². The Hall–Kier alpha value is -3.71. The van der Waals surface area contributed by atoms with Crippen LogP contribution in [-0.4, -0.2) is 26.8 Å². The van der Waals surface area contributed by atoms with Crippen LogP contribution in [0.1, 0.15) is 11.1 Å². The Kier molecular flexibility index (Phi) is 5.67. The molecule has 0 aliphatic rings. The lowest BCUT2D eigenvalue weighted by Gasteiger charge is -2.05. The van der Waals surface area contributed by atoms with Gasteiger partial charge in [-0.25, -0.2) is 0 Å². The minimum Gasteiger partial charge on any atom is -0.411 e. The zero-order chi connectivity index (χ0) is 20.1. The minimum absolute atomic E-state index is 0.00648. The molecule has 3 aromatic rings. The summed E-state index contributed by atoms with van der Waals surface area (Å²) in [5, 5.41) is 30.5. The van der Waals surface area contributed by atoms with E-state index in [9.17, 15) is 14.9 Å². The largest absolute Gasteiger partial charge is 0.411 e. The van der Waals surface area contributed by atoms with Crippen LogP contribution < -0.4 is 5.32 Å². The first-order valence-electron chi connectivity index (χ1n) is 7.98. The number of nitro groups is 1. The average Bonchev–Trinajstić information content (AvgIpc) is 3.16. The Morgan fingerprint density at radius 3 is 2.71 bits per heavy atom. The van der Waals surface area contributed by atoms with Crippen molar-refractivity contribution in [1.29, 1.82) is 5.26 Å². The molecule has 1 amide bonds. The maximum atomic E-state index is 12.1. The number of rotatable bonds is 6. The van der Waals surface area contributed by atoms with Crippen LogP contribution in [0.5, 0.6) is 0 Å². The van der Waals surface area contributed by atoms with E-state index in [1.165, 1.54) is 12.1 Å². The van der Waals surface area contributed by atoms with E-state index in [2.05, 4.69) is 15.5 Å². The van der Waals surface area contributed by atoms with Crippen LogP contribution in [0.25, 0.3) is 11.5 Å². The van der Waals surface area contributed by atoms with Crippen LogP contribution in [0.3, 0.4) is 0 Å². The quantitative estimate of drug-likeness (QED) is 0.380. The van der Waals surface area contributed by atoms with Crippen molar-refractivity contribution in [3.05, 3.63) is 63.7 Å². The highest BCUT2D eigenvalue weighted by molar-refractivity contribution is 7.99. The van der Waals surface area contributed by atoms with Crippen molar-refractivity contribution >= 4 is 29.0 Å². The van der Waals surface area contributed by atoms with Gasteiger partial charge in [-0.2, -0.15) is 5.26 Å². The Balaban J connectivity index is 1.61. The molecular formula is C18H13N5O4S. The molecule has 1 heterocycles. The number of hydrogen-bond acceptors (Lipinski definition) is 8. The monoisotopic (exact) mass is 395 g/mol. The molecule has 140 valence electrons. The van der Waals surface area contributed by atoms with Gasteiger partial charge >= 0.3 is 0 Å². The SMILES string of the molecule is Cc1ccc(-c2nnc(SCC(=O)Nc3ccc([N+](=O)[O-])cc3C#N)o2)cc1. The molecule has 9 nitrogen and oxygen atoms in total. The number of nitro benzene ring substituents is 1. The molecule has 0 atom stereocenters. The predicted octanol–water partition coefficient (Wildman–Crippen LogP) is 3.56. The van der Waals surface area contributed by atoms with Gasteiger partial charge in [-0.3, -0.25) is 14.9 Å². The number of aromatic nitrogens is 2. The summed E-state index contributed by atoms with van der Waals surface area (Å²) in [5.41, 5.74) is 1.87. The summed E-state index contributed by atoms with van der Waals surface area (Å²) in [6, 6.07) is 13.1. The highest BCUT2D eigenvalue weighted by Gasteiger charge is 2.15. The van der Waals surface area contributed by atoms with Crippen LogP contribution in [0, 0.1) is 28.4 Å². The fourth-order valence-corrected chi connectivity index (χ4v) is 2.80. The molecule has 0 aliphatic heterocycles. The lowest BCUT2D eigenvalue weighted by atomic mass is 10.1. The standard InChI is InChI=1S/C18H13N5O4S/c1-11-2-4-12(5-3-11)17-21-22-18(27-17)28-10-16(24)20-15-7-6-14(23(25)26)8-13(15)9-19/h2-8H,10H2,1H3,(H,20,24). The highest BCUT2D eigenvalue weighted by Crippen LogP contribution is 2.25. The van der Waals surface area contributed by atoms with E-state index in [0.717, 1.165) is 29.0 Å². The molecule has 10 heteroatoms. The molecule has 1 N–H and O–H groups in total. The number of nitrogens with zero attached hydrogens (tertiary/aromatic N) is 4. The number of nitriles is 1. The van der Waals surface area contributed by atoms with Crippen molar-refractivity contribution in [3.63, 3.8) is 0 Å². The number of nitrogens with one attached hydrogen (secondary N) is 1. The molecule has 0 spiro atoms. The van der Waals surface area contributed by atoms with Gasteiger partial charge in [-0.05, 0) is 25.1 Å². The molecule has 0 unspecified atom stereocenters. The number of anilines is 1. The van der Waals surface area contributed by atoms with E-state index >= 15 is 0 Å². The van der Waals surface area contributed by atoms with Gasteiger partial charge in [0.25, 0.3) is 10.9 Å². The van der Waals surface area contributed by atoms with E-state index in [1.807, 2.05) is 37.3 Å². The molecule has 0 saturated heterocycles. The summed E-state index contributed by atoms with van der Waals surface area (Å²) in [6.45, 7) is 1.97. The maximum Gasteiger partial charge on any atom is 0.277 e. The molecule has 1 aromatic heterocycles. The summed E-state index contributed by atoms with van der Waals surface area (Å²) in [7, 11) is 0. The van der Waals surface area contributed by atoms with Crippen LogP contribution in [0.2, 0.25) is 0 Å². The maximum absolute atomic E-state index is 12.1. The van der Waals surface area contributed by atoms with Crippen LogP contribution in [0.4, 0.5) is 11.4 Å². The van der Waals surface area contributed by atoms with Crippen molar-refractivity contribution in [2.75, 3.05) is 11.1 Å². The van der Waals surface area contributed by atoms with Crippen molar-refractivity contribution in [2.45, 2.75) is 12.1 Å². The number of aryl methyl sites for hydroxylation is 1. The van der Waals surface area contributed by atoms with E-state index in [-0.39, 0.29) is 27.9 Å². The van der Waals surface area contributed by atoms with E-state index in [1.54, 1.807) is 0 Å². The lowest BCUT2D eigenvalue weighted by Crippen LogP contribution is -2.15. The molecule has 0 radical (unpaired) electrons. The summed E-state index contributed by atoms with van der Waals surface area (Å²) in [5.74, 6) is -0.0901. The third kappa shape index (κ3) is 4.52. The molecule has 0 saturated carbocycles. The third-order valence-corrected chi connectivity index (χ3v) is 4.46. The number of carbonyl (C=O) groups is 1. The van der Waals surface area contributed by atoms with Gasteiger partial charge in [0, 0.05) is 17.7 Å². The smallest absolute Gasteiger partial charge is 0.277 e. The summed E-state index contributed by atoms with van der Waals surface area (Å²) >= 11 is 1.04. The van der Waals surface area contributed by atoms with Gasteiger partial charge in [0.2, 0.25) is 11.8 Å². The molecule has 0 fully saturated rings. The van der Waals surface area contributed by atoms with Gasteiger partial charge in [0.05, 0.1) is 21.9 Å². The predicted molar refractivity (Wildman–Crippen MR) is 102 cm³/mol. The highest BCUT2D eigenvalue weighted by atomic mass is 32.2. The second-order valence-electron chi connectivity index (χ2n) is 5.67. The minimum atomic E-state index is -0.608. The second kappa shape index (κ2) is 8.32. The molecular weight excluding hydrogens is 382 g/mol. The fraction of sp³-hybridized carbons (Fsp3) is 0.111. The second-order valence-corrected chi connectivity index (χ2v) is 6.60. The number of hydrogen-bond donors (Lipinski definition) is 1. The summed E-state index contributed by atoms with van der Waals surface area (Å²) in [6.07, 6.45) is 0. The molecule has 28 heavy (non-hydrogen) atoms. The Morgan fingerprint density at radius 2 is 2.04 bits per heavy atom. The first-order valence-corrected chi connectivity index (χ1v) is 8.96.